The molecule has 0 fully saturated rings. The summed E-state index contributed by atoms with van der Waals surface area (Å²) in [6.07, 6.45) is 4.93. The number of imidazole rings is 2. The molecular formula is C42H32F2N4O4. The van der Waals surface area contributed by atoms with Gasteiger partial charge in [0.2, 0.25) is 0 Å². The molecule has 0 radical (unpaired) electrons. The Morgan fingerprint density at radius 3 is 1.52 bits per heavy atom. The molecule has 2 unspecified atom stereocenters. The lowest BCUT2D eigenvalue weighted by atomic mass is 9.95. The second-order valence-electron chi connectivity index (χ2n) is 12.6. The summed E-state index contributed by atoms with van der Waals surface area (Å²) in [4.78, 5) is 9.44. The van der Waals surface area contributed by atoms with Crippen molar-refractivity contribution >= 4 is 11.3 Å². The third-order valence-corrected chi connectivity index (χ3v) is 9.45. The predicted molar refractivity (Wildman–Crippen MR) is 194 cm³/mol. The highest BCUT2D eigenvalue weighted by Crippen LogP contribution is 2.34. The van der Waals surface area contributed by atoms with Crippen LogP contribution in [0.1, 0.15) is 34.5 Å². The zero-order valence-electron chi connectivity index (χ0n) is 27.6. The number of hydrogen-bond acceptors (Lipinski definition) is 6. The van der Waals surface area contributed by atoms with Gasteiger partial charge in [-0.05, 0) is 75.8 Å². The van der Waals surface area contributed by atoms with Gasteiger partial charge in [-0.2, -0.15) is 0 Å². The van der Waals surface area contributed by atoms with Crippen LogP contribution in [0.3, 0.4) is 0 Å². The van der Waals surface area contributed by atoms with Crippen molar-refractivity contribution in [3.8, 4) is 44.8 Å². The fourth-order valence-corrected chi connectivity index (χ4v) is 6.66. The molecule has 258 valence electrons. The van der Waals surface area contributed by atoms with Gasteiger partial charge in [-0.25, -0.2) is 18.7 Å². The average Bonchev–Trinajstić information content (AvgIpc) is 3.81. The van der Waals surface area contributed by atoms with Crippen LogP contribution < -0.4 is 0 Å². The second kappa shape index (κ2) is 13.6. The highest BCUT2D eigenvalue weighted by molar-refractivity contribution is 5.72. The maximum Gasteiger partial charge on any atom is 0.137 e. The van der Waals surface area contributed by atoms with Gasteiger partial charge < -0.3 is 29.2 Å². The molecule has 0 saturated carbocycles. The summed E-state index contributed by atoms with van der Waals surface area (Å²) in [5.41, 5.74) is 8.41. The number of aliphatic hydroxyl groups excluding tert-OH is 4. The molecule has 0 aliphatic carbocycles. The van der Waals surface area contributed by atoms with Gasteiger partial charge in [-0.15, -0.1) is 0 Å². The fraction of sp³-hybridized carbons (Fsp3) is 0.0952. The third kappa shape index (κ3) is 6.03. The smallest absolute Gasteiger partial charge is 0.137 e. The van der Waals surface area contributed by atoms with Gasteiger partial charge in [0.25, 0.3) is 0 Å². The minimum atomic E-state index is -1.22. The fourth-order valence-electron chi connectivity index (χ4n) is 6.66. The Bertz CT molecular complexity index is 2580. The molecule has 0 aliphatic heterocycles. The Morgan fingerprint density at radius 2 is 0.981 bits per heavy atom. The molecule has 4 heterocycles. The van der Waals surface area contributed by atoms with Crippen LogP contribution >= 0.6 is 0 Å². The maximum absolute atomic E-state index is 14.3. The van der Waals surface area contributed by atoms with Gasteiger partial charge in [0.05, 0.1) is 24.6 Å². The van der Waals surface area contributed by atoms with Crippen molar-refractivity contribution < 1.29 is 29.2 Å². The van der Waals surface area contributed by atoms with E-state index in [-0.39, 0.29) is 11.1 Å². The Kier molecular flexibility index (Phi) is 8.66. The summed E-state index contributed by atoms with van der Waals surface area (Å²) in [6, 6.07) is 31.1. The number of halogens is 2. The van der Waals surface area contributed by atoms with E-state index >= 15 is 0 Å². The number of hydrogen-bond donors (Lipinski definition) is 4. The van der Waals surface area contributed by atoms with Crippen molar-refractivity contribution in [1.29, 1.82) is 0 Å². The summed E-state index contributed by atoms with van der Waals surface area (Å²) in [5.74, 6) is -0.931. The molecule has 52 heavy (non-hydrogen) atoms. The Morgan fingerprint density at radius 1 is 0.500 bits per heavy atom. The lowest BCUT2D eigenvalue weighted by Crippen LogP contribution is -2.10. The summed E-state index contributed by atoms with van der Waals surface area (Å²) < 4.78 is 32.3. The zero-order chi connectivity index (χ0) is 35.9. The molecular weight excluding hydrogens is 662 g/mol. The van der Waals surface area contributed by atoms with Gasteiger partial charge in [0.15, 0.2) is 0 Å². The van der Waals surface area contributed by atoms with Gasteiger partial charge >= 0.3 is 0 Å². The maximum atomic E-state index is 14.3. The quantitative estimate of drug-likeness (QED) is 0.123. The molecule has 8 nitrogen and oxygen atoms in total. The zero-order valence-corrected chi connectivity index (χ0v) is 27.6. The van der Waals surface area contributed by atoms with Gasteiger partial charge in [-0.3, -0.25) is 0 Å². The number of pyridine rings is 2. The highest BCUT2D eigenvalue weighted by Gasteiger charge is 2.22. The van der Waals surface area contributed by atoms with E-state index in [9.17, 15) is 29.2 Å². The number of aliphatic hydroxyl groups is 4. The Balaban J connectivity index is 1.01. The van der Waals surface area contributed by atoms with E-state index in [0.29, 0.717) is 44.9 Å². The molecule has 4 aromatic carbocycles. The number of rotatable bonds is 9. The van der Waals surface area contributed by atoms with E-state index in [1.807, 2.05) is 76.1 Å². The monoisotopic (exact) mass is 694 g/mol. The van der Waals surface area contributed by atoms with Crippen LogP contribution in [0.15, 0.2) is 134 Å². The summed E-state index contributed by atoms with van der Waals surface area (Å²) >= 11 is 0. The van der Waals surface area contributed by atoms with Crippen molar-refractivity contribution in [3.63, 3.8) is 0 Å². The molecule has 0 bridgehead atoms. The van der Waals surface area contributed by atoms with Crippen LogP contribution in [0.4, 0.5) is 8.78 Å². The van der Waals surface area contributed by atoms with E-state index in [2.05, 4.69) is 0 Å². The minimum absolute atomic E-state index is 0.225. The van der Waals surface area contributed by atoms with E-state index < -0.39 is 37.1 Å². The summed E-state index contributed by atoms with van der Waals surface area (Å²) in [7, 11) is 0. The minimum Gasteiger partial charge on any atom is -0.392 e. The van der Waals surface area contributed by atoms with Crippen LogP contribution in [0.25, 0.3) is 56.1 Å². The first-order chi connectivity index (χ1) is 25.3. The summed E-state index contributed by atoms with van der Waals surface area (Å²) in [6.45, 7) is -0.832. The van der Waals surface area contributed by atoms with Crippen molar-refractivity contribution in [1.82, 2.24) is 18.8 Å². The van der Waals surface area contributed by atoms with Crippen LogP contribution in [-0.4, -0.2) is 39.2 Å². The van der Waals surface area contributed by atoms with Crippen LogP contribution in [0, 0.1) is 11.6 Å². The molecule has 0 amide bonds. The first-order valence-electron chi connectivity index (χ1n) is 16.6. The van der Waals surface area contributed by atoms with Crippen molar-refractivity contribution in [2.24, 2.45) is 0 Å². The number of aromatic nitrogens is 4. The lowest BCUT2D eigenvalue weighted by molar-refractivity contribution is 0.0173. The van der Waals surface area contributed by atoms with Gasteiger partial charge in [0.1, 0.15) is 35.1 Å². The number of nitrogens with zero attached hydrogens (tertiary/aromatic N) is 4. The van der Waals surface area contributed by atoms with Crippen LogP contribution in [-0.2, 0) is 13.2 Å². The molecule has 0 saturated heterocycles. The molecule has 2 atom stereocenters. The first-order valence-corrected chi connectivity index (χ1v) is 16.6. The molecule has 4 N–H and O–H groups in total. The first kappa shape index (κ1) is 33.1. The second-order valence-corrected chi connectivity index (χ2v) is 12.6. The summed E-state index contributed by atoms with van der Waals surface area (Å²) in [5, 5.41) is 41.9. The van der Waals surface area contributed by atoms with Gasteiger partial charge in [-0.1, -0.05) is 66.7 Å². The van der Waals surface area contributed by atoms with E-state index in [0.717, 1.165) is 22.3 Å². The van der Waals surface area contributed by atoms with Crippen molar-refractivity contribution in [3.05, 3.63) is 168 Å². The van der Waals surface area contributed by atoms with Crippen molar-refractivity contribution in [2.75, 3.05) is 0 Å². The van der Waals surface area contributed by atoms with E-state index in [1.165, 1.54) is 12.1 Å². The standard InChI is InChI=1S/C42H32F2N4O4/c43-35-8-2-6-31(33(35)23-49)29-14-16-39-45-37(21-47(39)19-29)25-10-12-26(13-11-25)41(51)42(52)28-5-1-4-27(18-28)38-22-48-20-30(15-17-40(48)46-38)32-7-3-9-36(44)34(32)24-50/h1-22,41-42,49-52H,23-24H2. The van der Waals surface area contributed by atoms with Crippen LogP contribution in [0.5, 0.6) is 0 Å². The topological polar surface area (TPSA) is 116 Å². The SMILES string of the molecule is OCc1c(F)cccc1-c1ccc2nc(-c3ccc(C(O)C(O)c4cccc(-c5cn6cc(-c7cccc(F)c7CO)ccc6n5)c4)cc3)cn2c1. The number of fused-ring (bicyclic) bond motifs is 2. The third-order valence-electron chi connectivity index (χ3n) is 9.45. The number of benzene rings is 4. The van der Waals surface area contributed by atoms with Crippen LogP contribution in [0.2, 0.25) is 0 Å². The average molecular weight is 695 g/mol. The predicted octanol–water partition coefficient (Wildman–Crippen LogP) is 7.68. The largest absolute Gasteiger partial charge is 0.392 e. The molecule has 8 rings (SSSR count). The normalized spacial score (nSPS) is 12.8. The van der Waals surface area contributed by atoms with E-state index in [4.69, 9.17) is 9.97 Å². The molecule has 0 aliphatic rings. The molecule has 4 aromatic heterocycles. The molecule has 10 heteroatoms. The van der Waals surface area contributed by atoms with E-state index in [1.54, 1.807) is 54.6 Å². The molecule has 8 aromatic rings. The Labute approximate surface area is 296 Å². The Hall–Kier alpha value is -6.04. The van der Waals surface area contributed by atoms with Gasteiger partial charge in [0, 0.05) is 47.0 Å². The highest BCUT2D eigenvalue weighted by atomic mass is 19.1. The molecule has 0 spiro atoms. The van der Waals surface area contributed by atoms with Crippen molar-refractivity contribution in [2.45, 2.75) is 25.4 Å². The lowest BCUT2D eigenvalue weighted by Gasteiger charge is -2.19.